The highest BCUT2D eigenvalue weighted by Crippen LogP contribution is 2.35. The largest absolute Gasteiger partial charge is 0.352 e. The smallest absolute Gasteiger partial charge is 0.261 e. The van der Waals surface area contributed by atoms with Crippen molar-refractivity contribution in [3.63, 3.8) is 0 Å². The van der Waals surface area contributed by atoms with Crippen LogP contribution in [0.5, 0.6) is 0 Å². The molecule has 9 heteroatoms. The second-order valence-corrected chi connectivity index (χ2v) is 9.80. The van der Waals surface area contributed by atoms with Crippen molar-refractivity contribution in [3.05, 3.63) is 85.2 Å². The Morgan fingerprint density at radius 3 is 2.58 bits per heavy atom. The van der Waals surface area contributed by atoms with Gasteiger partial charge in [0.15, 0.2) is 0 Å². The third-order valence-electron chi connectivity index (χ3n) is 7.12. The minimum atomic E-state index is -2.61. The number of pyridine rings is 3. The molecule has 1 saturated heterocycles. The summed E-state index contributed by atoms with van der Waals surface area (Å²) in [5, 5.41) is 9.76. The normalized spacial score (nSPS) is 15.5. The predicted molar refractivity (Wildman–Crippen MR) is 142 cm³/mol. The first-order chi connectivity index (χ1) is 18.5. The summed E-state index contributed by atoms with van der Waals surface area (Å²) in [6.07, 6.45) is 10.7. The number of halogens is 2. The molecule has 0 spiro atoms. The molecule has 2 N–H and O–H groups in total. The molecule has 0 radical (unpaired) electrons. The lowest BCUT2D eigenvalue weighted by molar-refractivity contribution is 0.0115. The lowest BCUT2D eigenvalue weighted by Crippen LogP contribution is -2.24. The van der Waals surface area contributed by atoms with Gasteiger partial charge in [0.1, 0.15) is 5.69 Å². The van der Waals surface area contributed by atoms with Gasteiger partial charge in [0.2, 0.25) is 0 Å². The predicted octanol–water partition coefficient (Wildman–Crippen LogP) is 6.07. The highest BCUT2D eigenvalue weighted by molar-refractivity contribution is 6.01. The molecule has 0 unspecified atom stereocenters. The van der Waals surface area contributed by atoms with Crippen LogP contribution in [0.1, 0.15) is 12.0 Å². The molecular formula is C29H23F2N7. The van der Waals surface area contributed by atoms with Gasteiger partial charge in [-0.1, -0.05) is 12.1 Å². The van der Waals surface area contributed by atoms with Crippen molar-refractivity contribution >= 4 is 21.8 Å². The van der Waals surface area contributed by atoms with Crippen molar-refractivity contribution in [1.29, 1.82) is 0 Å². The van der Waals surface area contributed by atoms with Crippen LogP contribution in [0.15, 0.2) is 79.6 Å². The van der Waals surface area contributed by atoms with Gasteiger partial charge in [0.25, 0.3) is 5.92 Å². The molecule has 188 valence electrons. The average Bonchev–Trinajstić information content (AvgIpc) is 3.64. The van der Waals surface area contributed by atoms with E-state index in [2.05, 4.69) is 42.3 Å². The lowest BCUT2D eigenvalue weighted by Gasteiger charge is -2.15. The van der Waals surface area contributed by atoms with Gasteiger partial charge in [-0.05, 0) is 41.5 Å². The van der Waals surface area contributed by atoms with Crippen LogP contribution in [-0.4, -0.2) is 54.0 Å². The van der Waals surface area contributed by atoms with Crippen LogP contribution in [0.25, 0.3) is 55.4 Å². The summed E-state index contributed by atoms with van der Waals surface area (Å²) in [4.78, 5) is 18.3. The van der Waals surface area contributed by atoms with Gasteiger partial charge < -0.3 is 4.98 Å². The summed E-state index contributed by atoms with van der Waals surface area (Å²) < 4.78 is 27.3. The first-order valence-corrected chi connectivity index (χ1v) is 12.4. The Labute approximate surface area is 216 Å². The summed E-state index contributed by atoms with van der Waals surface area (Å²) >= 11 is 0. The molecule has 0 saturated carbocycles. The fraction of sp³-hybridized carbons (Fsp3) is 0.172. The van der Waals surface area contributed by atoms with Crippen molar-refractivity contribution < 1.29 is 8.78 Å². The van der Waals surface area contributed by atoms with E-state index in [9.17, 15) is 8.78 Å². The minimum Gasteiger partial charge on any atom is -0.352 e. The molecule has 1 aliphatic heterocycles. The molecular weight excluding hydrogens is 484 g/mol. The van der Waals surface area contributed by atoms with Crippen LogP contribution in [0.4, 0.5) is 8.78 Å². The highest BCUT2D eigenvalue weighted by Gasteiger charge is 2.37. The van der Waals surface area contributed by atoms with E-state index in [1.54, 1.807) is 23.5 Å². The molecule has 7 nitrogen and oxygen atoms in total. The number of fused-ring (bicyclic) bond motifs is 2. The molecule has 0 aliphatic carbocycles. The maximum absolute atomic E-state index is 13.6. The van der Waals surface area contributed by atoms with Gasteiger partial charge >= 0.3 is 0 Å². The lowest BCUT2D eigenvalue weighted by atomic mass is 10.0. The molecule has 6 aromatic rings. The zero-order chi connectivity index (χ0) is 25.7. The van der Waals surface area contributed by atoms with E-state index in [4.69, 9.17) is 0 Å². The molecule has 1 aromatic carbocycles. The minimum absolute atomic E-state index is 0.0897. The van der Waals surface area contributed by atoms with Crippen LogP contribution in [0.2, 0.25) is 0 Å². The van der Waals surface area contributed by atoms with Crippen molar-refractivity contribution in [3.8, 4) is 33.6 Å². The maximum atomic E-state index is 13.6. The van der Waals surface area contributed by atoms with Crippen molar-refractivity contribution in [1.82, 2.24) is 35.0 Å². The summed E-state index contributed by atoms with van der Waals surface area (Å²) in [5.74, 6) is -2.61. The van der Waals surface area contributed by atoms with Crippen LogP contribution in [0, 0.1) is 0 Å². The second-order valence-electron chi connectivity index (χ2n) is 9.80. The Bertz CT molecular complexity index is 1770. The Morgan fingerprint density at radius 2 is 1.74 bits per heavy atom. The number of H-pyrrole nitrogens is 2. The number of nitrogens with zero attached hydrogens (tertiary/aromatic N) is 5. The summed E-state index contributed by atoms with van der Waals surface area (Å²) in [6, 6.07) is 14.2. The van der Waals surface area contributed by atoms with Crippen molar-refractivity contribution in [2.75, 3.05) is 13.1 Å². The van der Waals surface area contributed by atoms with E-state index in [1.165, 1.54) is 0 Å². The van der Waals surface area contributed by atoms with E-state index in [0.717, 1.165) is 61.0 Å². The van der Waals surface area contributed by atoms with E-state index in [0.29, 0.717) is 13.1 Å². The van der Waals surface area contributed by atoms with E-state index in [1.807, 2.05) is 48.9 Å². The summed E-state index contributed by atoms with van der Waals surface area (Å²) in [7, 11) is 0. The Kier molecular flexibility index (Phi) is 5.26. The first-order valence-electron chi connectivity index (χ1n) is 12.4. The van der Waals surface area contributed by atoms with Gasteiger partial charge in [-0.15, -0.1) is 0 Å². The quantitative estimate of drug-likeness (QED) is 0.296. The molecule has 5 aromatic heterocycles. The standard InChI is InChI=1S/C29H23F2N7/c30-29(31)5-7-38(17-29)16-18-8-21(13-33-11-18)19-3-4-25-23(9-19)28(37-36-25)26-10-22-24(14-34-15-27(22)35-26)20-2-1-6-32-12-20/h1-4,6,8-15,35H,5,7,16-17H2,(H,36,37). The average molecular weight is 508 g/mol. The molecule has 7 rings (SSSR count). The molecule has 0 atom stereocenters. The number of rotatable bonds is 5. The molecule has 0 bridgehead atoms. The van der Waals surface area contributed by atoms with Crippen LogP contribution >= 0.6 is 0 Å². The van der Waals surface area contributed by atoms with E-state index < -0.39 is 5.92 Å². The van der Waals surface area contributed by atoms with E-state index in [-0.39, 0.29) is 13.0 Å². The zero-order valence-electron chi connectivity index (χ0n) is 20.3. The number of benzene rings is 1. The summed E-state index contributed by atoms with van der Waals surface area (Å²) in [5.41, 5.74) is 8.33. The Hall–Kier alpha value is -4.50. The van der Waals surface area contributed by atoms with Gasteiger partial charge in [-0.2, -0.15) is 5.10 Å². The monoisotopic (exact) mass is 507 g/mol. The maximum Gasteiger partial charge on any atom is 0.261 e. The second kappa shape index (κ2) is 8.81. The Balaban J connectivity index is 1.24. The first kappa shape index (κ1) is 22.7. The number of hydrogen-bond donors (Lipinski definition) is 2. The molecule has 1 aliphatic rings. The number of hydrogen-bond acceptors (Lipinski definition) is 5. The number of nitrogens with one attached hydrogen (secondary N) is 2. The fourth-order valence-corrected chi connectivity index (χ4v) is 5.26. The van der Waals surface area contributed by atoms with Crippen molar-refractivity contribution in [2.45, 2.75) is 18.9 Å². The SMILES string of the molecule is FC1(F)CCN(Cc2cncc(-c3ccc4[nH]nc(-c5cc6c(-c7cccnc7)cncc6[nH]5)c4c3)c2)C1. The fourth-order valence-electron chi connectivity index (χ4n) is 5.26. The molecule has 0 amide bonds. The third kappa shape index (κ3) is 4.10. The number of likely N-dealkylation sites (tertiary alicyclic amines) is 1. The summed E-state index contributed by atoms with van der Waals surface area (Å²) in [6.45, 7) is 0.645. The highest BCUT2D eigenvalue weighted by atomic mass is 19.3. The zero-order valence-corrected chi connectivity index (χ0v) is 20.3. The van der Waals surface area contributed by atoms with Gasteiger partial charge in [0, 0.05) is 78.0 Å². The molecule has 1 fully saturated rings. The van der Waals surface area contributed by atoms with Crippen LogP contribution in [0.3, 0.4) is 0 Å². The van der Waals surface area contributed by atoms with Crippen LogP contribution in [-0.2, 0) is 6.54 Å². The van der Waals surface area contributed by atoms with Gasteiger partial charge in [0.05, 0.1) is 29.5 Å². The number of aromatic nitrogens is 6. The third-order valence-corrected chi connectivity index (χ3v) is 7.12. The van der Waals surface area contributed by atoms with Crippen LogP contribution < -0.4 is 0 Å². The topological polar surface area (TPSA) is 86.4 Å². The number of alkyl halides is 2. The van der Waals surface area contributed by atoms with E-state index >= 15 is 0 Å². The Morgan fingerprint density at radius 1 is 0.842 bits per heavy atom. The van der Waals surface area contributed by atoms with Crippen molar-refractivity contribution in [2.24, 2.45) is 0 Å². The molecule has 38 heavy (non-hydrogen) atoms. The van der Waals surface area contributed by atoms with Gasteiger partial charge in [-0.25, -0.2) is 8.78 Å². The van der Waals surface area contributed by atoms with Gasteiger partial charge in [-0.3, -0.25) is 25.0 Å². The number of aromatic amines is 2. The molecule has 6 heterocycles.